The number of fused-ring (bicyclic) bond motifs is 1. The standard InChI is InChI=1S/C22H19F3N4O2/c1-2-9-29-20(30)17-8-7-16(10-18(17)21(29)31)26-11-14-12-27-28-19(14)13-3-5-15(6-4-13)22(23,24)25/h3-8,10,12,26H,2,9,11H2,1H3,(H,27,28). The second kappa shape index (κ2) is 7.90. The van der Waals surface area contributed by atoms with Gasteiger partial charge in [0.25, 0.3) is 11.8 Å². The Hall–Kier alpha value is -3.62. The Balaban J connectivity index is 1.51. The van der Waals surface area contributed by atoms with Crippen LogP contribution >= 0.6 is 0 Å². The van der Waals surface area contributed by atoms with Crippen LogP contribution in [0.5, 0.6) is 0 Å². The third-order valence-corrected chi connectivity index (χ3v) is 5.12. The van der Waals surface area contributed by atoms with E-state index in [1.54, 1.807) is 24.4 Å². The van der Waals surface area contributed by atoms with Crippen LogP contribution in [0.2, 0.25) is 0 Å². The van der Waals surface area contributed by atoms with Crippen LogP contribution in [0.1, 0.15) is 45.2 Å². The maximum absolute atomic E-state index is 12.8. The van der Waals surface area contributed by atoms with Crippen molar-refractivity contribution in [3.63, 3.8) is 0 Å². The Bertz CT molecular complexity index is 1140. The number of aromatic nitrogens is 2. The Kier molecular flexibility index (Phi) is 5.26. The molecular formula is C22H19F3N4O2. The first-order valence-electron chi connectivity index (χ1n) is 9.73. The lowest BCUT2D eigenvalue weighted by atomic mass is 10.1. The SMILES string of the molecule is CCCN1C(=O)c2ccc(NCc3cn[nH]c3-c3ccc(C(F)(F)F)cc3)cc2C1=O. The van der Waals surface area contributed by atoms with Gasteiger partial charge in [-0.05, 0) is 42.3 Å². The number of imide groups is 1. The normalized spacial score (nSPS) is 13.6. The lowest BCUT2D eigenvalue weighted by molar-refractivity contribution is -0.137. The second-order valence-electron chi connectivity index (χ2n) is 7.22. The van der Waals surface area contributed by atoms with E-state index < -0.39 is 11.7 Å². The quantitative estimate of drug-likeness (QED) is 0.558. The van der Waals surface area contributed by atoms with Gasteiger partial charge in [0.2, 0.25) is 0 Å². The zero-order valence-corrected chi connectivity index (χ0v) is 16.6. The van der Waals surface area contributed by atoms with Gasteiger partial charge < -0.3 is 5.32 Å². The highest BCUT2D eigenvalue weighted by atomic mass is 19.4. The molecule has 2 heterocycles. The van der Waals surface area contributed by atoms with Gasteiger partial charge in [-0.2, -0.15) is 18.3 Å². The van der Waals surface area contributed by atoms with Crippen LogP contribution in [0.25, 0.3) is 11.3 Å². The molecule has 4 rings (SSSR count). The van der Waals surface area contributed by atoms with Crippen LogP contribution in [0.15, 0.2) is 48.7 Å². The number of benzene rings is 2. The summed E-state index contributed by atoms with van der Waals surface area (Å²) in [6.07, 6.45) is -2.12. The highest BCUT2D eigenvalue weighted by Crippen LogP contribution is 2.31. The van der Waals surface area contributed by atoms with Crippen LogP contribution in [0, 0.1) is 0 Å². The molecule has 0 radical (unpaired) electrons. The highest BCUT2D eigenvalue weighted by molar-refractivity contribution is 6.21. The first-order valence-corrected chi connectivity index (χ1v) is 9.73. The zero-order valence-electron chi connectivity index (χ0n) is 16.6. The summed E-state index contributed by atoms with van der Waals surface area (Å²) in [5.74, 6) is -0.591. The van der Waals surface area contributed by atoms with E-state index in [-0.39, 0.29) is 11.8 Å². The van der Waals surface area contributed by atoms with Gasteiger partial charge in [0.1, 0.15) is 0 Å². The van der Waals surface area contributed by atoms with Crippen molar-refractivity contribution in [1.29, 1.82) is 0 Å². The van der Waals surface area contributed by atoms with Gasteiger partial charge in [0.05, 0.1) is 28.6 Å². The molecule has 9 heteroatoms. The van der Waals surface area contributed by atoms with Crippen LogP contribution in [0.3, 0.4) is 0 Å². The number of alkyl halides is 3. The number of amides is 2. The van der Waals surface area contributed by atoms with Crippen molar-refractivity contribution in [2.45, 2.75) is 26.1 Å². The number of nitrogens with zero attached hydrogens (tertiary/aromatic N) is 2. The molecule has 0 saturated carbocycles. The molecule has 6 nitrogen and oxygen atoms in total. The fourth-order valence-electron chi connectivity index (χ4n) is 3.55. The second-order valence-corrected chi connectivity index (χ2v) is 7.22. The average Bonchev–Trinajstić information content (AvgIpc) is 3.31. The predicted molar refractivity (Wildman–Crippen MR) is 108 cm³/mol. The monoisotopic (exact) mass is 428 g/mol. The third-order valence-electron chi connectivity index (χ3n) is 5.12. The van der Waals surface area contributed by atoms with Crippen molar-refractivity contribution in [2.75, 3.05) is 11.9 Å². The molecule has 0 spiro atoms. The molecule has 2 N–H and O–H groups in total. The van der Waals surface area contributed by atoms with Crippen molar-refractivity contribution in [1.82, 2.24) is 15.1 Å². The maximum atomic E-state index is 12.8. The van der Waals surface area contributed by atoms with Gasteiger partial charge in [-0.15, -0.1) is 0 Å². The number of aromatic amines is 1. The Morgan fingerprint density at radius 1 is 1.03 bits per heavy atom. The summed E-state index contributed by atoms with van der Waals surface area (Å²) in [7, 11) is 0. The predicted octanol–water partition coefficient (Wildman–Crippen LogP) is 4.71. The van der Waals surface area contributed by atoms with E-state index in [1.165, 1.54) is 17.0 Å². The number of halogens is 3. The molecule has 31 heavy (non-hydrogen) atoms. The van der Waals surface area contributed by atoms with Gasteiger partial charge in [-0.3, -0.25) is 19.6 Å². The molecule has 1 aromatic heterocycles. The number of hydrogen-bond acceptors (Lipinski definition) is 4. The molecule has 0 unspecified atom stereocenters. The van der Waals surface area contributed by atoms with E-state index in [9.17, 15) is 22.8 Å². The zero-order chi connectivity index (χ0) is 22.2. The largest absolute Gasteiger partial charge is 0.416 e. The minimum Gasteiger partial charge on any atom is -0.381 e. The van der Waals surface area contributed by atoms with Gasteiger partial charge in [-0.25, -0.2) is 0 Å². The molecule has 0 aliphatic carbocycles. The maximum Gasteiger partial charge on any atom is 0.416 e. The van der Waals surface area contributed by atoms with E-state index in [2.05, 4.69) is 15.5 Å². The van der Waals surface area contributed by atoms with Crippen LogP contribution in [-0.4, -0.2) is 33.5 Å². The molecule has 2 amide bonds. The number of rotatable bonds is 6. The average molecular weight is 428 g/mol. The summed E-state index contributed by atoms with van der Waals surface area (Å²) >= 11 is 0. The summed E-state index contributed by atoms with van der Waals surface area (Å²) < 4.78 is 38.4. The molecule has 0 bridgehead atoms. The Labute approximate surface area is 176 Å². The van der Waals surface area contributed by atoms with Crippen molar-refractivity contribution < 1.29 is 22.8 Å². The molecule has 3 aromatic rings. The number of carbonyl (C=O) groups excluding carboxylic acids is 2. The van der Waals surface area contributed by atoms with Crippen molar-refractivity contribution in [3.05, 3.63) is 70.9 Å². The molecule has 2 aromatic carbocycles. The van der Waals surface area contributed by atoms with Crippen molar-refractivity contribution >= 4 is 17.5 Å². The molecule has 0 saturated heterocycles. The van der Waals surface area contributed by atoms with E-state index in [1.807, 2.05) is 6.92 Å². The van der Waals surface area contributed by atoms with E-state index in [0.717, 1.165) is 17.7 Å². The summed E-state index contributed by atoms with van der Waals surface area (Å²) in [4.78, 5) is 26.1. The van der Waals surface area contributed by atoms with Crippen molar-refractivity contribution in [3.8, 4) is 11.3 Å². The van der Waals surface area contributed by atoms with Gasteiger partial charge in [0.15, 0.2) is 0 Å². The summed E-state index contributed by atoms with van der Waals surface area (Å²) in [5.41, 5.74) is 2.60. The Morgan fingerprint density at radius 2 is 1.74 bits per heavy atom. The molecule has 1 aliphatic heterocycles. The summed E-state index contributed by atoms with van der Waals surface area (Å²) in [6.45, 7) is 2.60. The molecule has 0 atom stereocenters. The number of nitrogens with one attached hydrogen (secondary N) is 2. The fourth-order valence-corrected chi connectivity index (χ4v) is 3.55. The van der Waals surface area contributed by atoms with E-state index >= 15 is 0 Å². The number of carbonyl (C=O) groups is 2. The lowest BCUT2D eigenvalue weighted by Crippen LogP contribution is -2.30. The fraction of sp³-hybridized carbons (Fsp3) is 0.227. The third kappa shape index (κ3) is 3.90. The van der Waals surface area contributed by atoms with Gasteiger partial charge in [-0.1, -0.05) is 19.1 Å². The first-order chi connectivity index (χ1) is 14.8. The lowest BCUT2D eigenvalue weighted by Gasteiger charge is -2.11. The first kappa shape index (κ1) is 20.6. The minimum atomic E-state index is -4.39. The van der Waals surface area contributed by atoms with Gasteiger partial charge >= 0.3 is 6.18 Å². The molecule has 0 fully saturated rings. The summed E-state index contributed by atoms with van der Waals surface area (Å²) in [5, 5.41) is 10.00. The van der Waals surface area contributed by atoms with Crippen LogP contribution in [-0.2, 0) is 12.7 Å². The van der Waals surface area contributed by atoms with E-state index in [0.29, 0.717) is 47.6 Å². The van der Waals surface area contributed by atoms with Crippen LogP contribution in [0.4, 0.5) is 18.9 Å². The molecule has 160 valence electrons. The van der Waals surface area contributed by atoms with Gasteiger partial charge in [0, 0.05) is 24.3 Å². The smallest absolute Gasteiger partial charge is 0.381 e. The minimum absolute atomic E-state index is 0.284. The Morgan fingerprint density at radius 3 is 2.42 bits per heavy atom. The summed E-state index contributed by atoms with van der Waals surface area (Å²) in [6, 6.07) is 9.82. The number of anilines is 1. The number of H-pyrrole nitrogens is 1. The molecular weight excluding hydrogens is 409 g/mol. The highest BCUT2D eigenvalue weighted by Gasteiger charge is 2.35. The van der Waals surface area contributed by atoms with E-state index in [4.69, 9.17) is 0 Å². The molecule has 1 aliphatic rings. The van der Waals surface area contributed by atoms with Crippen LogP contribution < -0.4 is 5.32 Å². The topological polar surface area (TPSA) is 78.1 Å². The van der Waals surface area contributed by atoms with Crippen molar-refractivity contribution in [2.24, 2.45) is 0 Å². The number of hydrogen-bond donors (Lipinski definition) is 2.